The van der Waals surface area contributed by atoms with Crippen LogP contribution in [0.5, 0.6) is 0 Å². The first kappa shape index (κ1) is 14.6. The van der Waals surface area contributed by atoms with Crippen LogP contribution in [0, 0.1) is 20.8 Å². The summed E-state index contributed by atoms with van der Waals surface area (Å²) in [5, 5.41) is 0. The zero-order chi connectivity index (χ0) is 16.8. The van der Waals surface area contributed by atoms with Gasteiger partial charge in [-0.2, -0.15) is 4.79 Å². The molecule has 0 aromatic heterocycles. The summed E-state index contributed by atoms with van der Waals surface area (Å²) < 4.78 is 0. The van der Waals surface area contributed by atoms with E-state index in [0.717, 1.165) is 27.8 Å². The van der Waals surface area contributed by atoms with Crippen molar-refractivity contribution >= 4 is 5.71 Å². The Bertz CT molecular complexity index is 1010. The second-order valence-electron chi connectivity index (χ2n) is 6.50. The van der Waals surface area contributed by atoms with Crippen molar-refractivity contribution < 1.29 is 4.79 Å². The molecule has 4 rings (SSSR count). The molecule has 0 heterocycles. The number of nitrogens with zero attached hydrogens (tertiary/aromatic N) is 2. The van der Waals surface area contributed by atoms with Gasteiger partial charge in [0.15, 0.2) is 0 Å². The number of benzene rings is 3. The molecule has 3 aromatic carbocycles. The maximum atomic E-state index is 9.70. The van der Waals surface area contributed by atoms with E-state index in [9.17, 15) is 5.53 Å². The van der Waals surface area contributed by atoms with Gasteiger partial charge in [-0.25, -0.2) is 0 Å². The molecule has 24 heavy (non-hydrogen) atoms. The molecule has 1 aliphatic carbocycles. The number of hydrogen-bond donors (Lipinski definition) is 0. The summed E-state index contributed by atoms with van der Waals surface area (Å²) in [5.41, 5.74) is 20.8. The number of rotatable bonds is 1. The van der Waals surface area contributed by atoms with Crippen molar-refractivity contribution in [2.75, 3.05) is 0 Å². The van der Waals surface area contributed by atoms with Crippen molar-refractivity contribution in [2.24, 2.45) is 0 Å². The van der Waals surface area contributed by atoms with E-state index in [2.05, 4.69) is 62.0 Å². The third-order valence-corrected chi connectivity index (χ3v) is 4.82. The minimum absolute atomic E-state index is 0.663. The maximum absolute atomic E-state index is 9.70. The summed E-state index contributed by atoms with van der Waals surface area (Å²) in [5.74, 6) is 0. The molecule has 3 aromatic rings. The van der Waals surface area contributed by atoms with Gasteiger partial charge < -0.3 is 5.53 Å². The largest absolute Gasteiger partial charge is 0.361 e. The van der Waals surface area contributed by atoms with Crippen LogP contribution in [-0.2, 0) is 0 Å². The Morgan fingerprint density at radius 2 is 1.25 bits per heavy atom. The SMILES string of the molecule is Cc1cc(C)c(-c2cccc3c2C(=[N+]=[N-])c2ccccc2-3)c(C)c1. The van der Waals surface area contributed by atoms with Crippen LogP contribution >= 0.6 is 0 Å². The fraction of sp³-hybridized carbons (Fsp3) is 0.136. The second-order valence-corrected chi connectivity index (χ2v) is 6.50. The maximum Gasteiger partial charge on any atom is 0.331 e. The highest BCUT2D eigenvalue weighted by molar-refractivity contribution is 6.25. The topological polar surface area (TPSA) is 36.4 Å². The smallest absolute Gasteiger partial charge is 0.331 e. The molecule has 116 valence electrons. The van der Waals surface area contributed by atoms with Crippen LogP contribution in [0.1, 0.15) is 27.8 Å². The van der Waals surface area contributed by atoms with Gasteiger partial charge >= 0.3 is 5.71 Å². The quantitative estimate of drug-likeness (QED) is 0.337. The Balaban J connectivity index is 2.09. The minimum Gasteiger partial charge on any atom is -0.361 e. The van der Waals surface area contributed by atoms with Crippen LogP contribution in [-0.4, -0.2) is 10.5 Å². The summed E-state index contributed by atoms with van der Waals surface area (Å²) in [6.45, 7) is 6.41. The normalized spacial score (nSPS) is 11.9. The summed E-state index contributed by atoms with van der Waals surface area (Å²) in [6, 6.07) is 18.8. The standard InChI is InChI=1S/C22H18N2/c1-13-11-14(2)20(15(3)12-13)19-10-6-9-17-16-7-4-5-8-18(16)22(24-23)21(17)19/h4-12H,1-3H3. The van der Waals surface area contributed by atoms with Crippen LogP contribution in [0.15, 0.2) is 54.6 Å². The third-order valence-electron chi connectivity index (χ3n) is 4.82. The zero-order valence-electron chi connectivity index (χ0n) is 14.1. The molecule has 0 atom stereocenters. The Labute approximate surface area is 142 Å². The van der Waals surface area contributed by atoms with Crippen molar-refractivity contribution in [3.63, 3.8) is 0 Å². The summed E-state index contributed by atoms with van der Waals surface area (Å²) >= 11 is 0. The van der Waals surface area contributed by atoms with Crippen LogP contribution in [0.3, 0.4) is 0 Å². The van der Waals surface area contributed by atoms with Gasteiger partial charge in [0.2, 0.25) is 0 Å². The van der Waals surface area contributed by atoms with E-state index in [1.165, 1.54) is 22.3 Å². The van der Waals surface area contributed by atoms with Crippen molar-refractivity contribution in [1.29, 1.82) is 0 Å². The molecule has 0 bridgehead atoms. The van der Waals surface area contributed by atoms with Crippen LogP contribution in [0.2, 0.25) is 0 Å². The molecule has 0 spiro atoms. The molecule has 0 saturated carbocycles. The van der Waals surface area contributed by atoms with Crippen LogP contribution in [0.4, 0.5) is 0 Å². The second kappa shape index (κ2) is 5.30. The van der Waals surface area contributed by atoms with Gasteiger partial charge in [-0.15, -0.1) is 0 Å². The summed E-state index contributed by atoms with van der Waals surface area (Å²) in [6.07, 6.45) is 0. The molecular formula is C22H18N2. The molecule has 0 aliphatic heterocycles. The minimum atomic E-state index is 0.663. The van der Waals surface area contributed by atoms with Gasteiger partial charge in [-0.05, 0) is 60.2 Å². The first-order valence-electron chi connectivity index (χ1n) is 8.15. The van der Waals surface area contributed by atoms with E-state index < -0.39 is 0 Å². The molecule has 0 amide bonds. The lowest BCUT2D eigenvalue weighted by atomic mass is 9.88. The van der Waals surface area contributed by atoms with Crippen LogP contribution in [0.25, 0.3) is 27.8 Å². The van der Waals surface area contributed by atoms with E-state index >= 15 is 0 Å². The molecular weight excluding hydrogens is 292 g/mol. The van der Waals surface area contributed by atoms with Gasteiger partial charge in [-0.1, -0.05) is 54.1 Å². The monoisotopic (exact) mass is 310 g/mol. The average molecular weight is 310 g/mol. The van der Waals surface area contributed by atoms with Gasteiger partial charge in [-0.3, -0.25) is 0 Å². The molecule has 0 unspecified atom stereocenters. The van der Waals surface area contributed by atoms with E-state index in [1.54, 1.807) is 0 Å². The average Bonchev–Trinajstić information content (AvgIpc) is 2.88. The van der Waals surface area contributed by atoms with Gasteiger partial charge in [0.25, 0.3) is 0 Å². The van der Waals surface area contributed by atoms with Crippen molar-refractivity contribution in [2.45, 2.75) is 20.8 Å². The highest BCUT2D eigenvalue weighted by atomic mass is 14.9. The van der Waals surface area contributed by atoms with Gasteiger partial charge in [0.05, 0.1) is 11.1 Å². The number of hydrogen-bond acceptors (Lipinski definition) is 0. The molecule has 0 saturated heterocycles. The lowest BCUT2D eigenvalue weighted by Gasteiger charge is -2.14. The molecule has 0 fully saturated rings. The fourth-order valence-electron chi connectivity index (χ4n) is 4.01. The van der Waals surface area contributed by atoms with Crippen molar-refractivity contribution in [1.82, 2.24) is 0 Å². The third kappa shape index (κ3) is 1.97. The zero-order valence-corrected chi connectivity index (χ0v) is 14.1. The molecule has 2 nitrogen and oxygen atoms in total. The Morgan fingerprint density at radius 1 is 0.667 bits per heavy atom. The van der Waals surface area contributed by atoms with Crippen LogP contribution < -0.4 is 0 Å². The van der Waals surface area contributed by atoms with Gasteiger partial charge in [0, 0.05) is 0 Å². The van der Waals surface area contributed by atoms with Crippen molar-refractivity contribution in [3.8, 4) is 22.3 Å². The highest BCUT2D eigenvalue weighted by Gasteiger charge is 2.34. The predicted octanol–water partition coefficient (Wildman–Crippen LogP) is 5.33. The lowest BCUT2D eigenvalue weighted by Crippen LogP contribution is -2.03. The van der Waals surface area contributed by atoms with E-state index in [-0.39, 0.29) is 0 Å². The lowest BCUT2D eigenvalue weighted by molar-refractivity contribution is -0.00238. The van der Waals surface area contributed by atoms with E-state index in [0.29, 0.717) is 5.71 Å². The predicted molar refractivity (Wildman–Crippen MR) is 98.4 cm³/mol. The highest BCUT2D eigenvalue weighted by Crippen LogP contribution is 2.42. The molecule has 0 N–H and O–H groups in total. The molecule has 2 heteroatoms. The first-order valence-corrected chi connectivity index (χ1v) is 8.15. The summed E-state index contributed by atoms with van der Waals surface area (Å²) in [4.78, 5) is 3.65. The number of aryl methyl sites for hydroxylation is 3. The van der Waals surface area contributed by atoms with Gasteiger partial charge in [0.1, 0.15) is 0 Å². The van der Waals surface area contributed by atoms with E-state index in [4.69, 9.17) is 0 Å². The van der Waals surface area contributed by atoms with Crippen molar-refractivity contribution in [3.05, 3.63) is 87.9 Å². The Kier molecular flexibility index (Phi) is 3.23. The Morgan fingerprint density at radius 3 is 1.92 bits per heavy atom. The number of fused-ring (bicyclic) bond motifs is 3. The fourth-order valence-corrected chi connectivity index (χ4v) is 4.01. The Hall–Kier alpha value is -2.96. The first-order chi connectivity index (χ1) is 11.6. The molecule has 0 radical (unpaired) electrons. The summed E-state index contributed by atoms with van der Waals surface area (Å²) in [7, 11) is 0. The van der Waals surface area contributed by atoms with E-state index in [1.807, 2.05) is 18.2 Å². The molecule has 1 aliphatic rings.